The van der Waals surface area contributed by atoms with Gasteiger partial charge >= 0.3 is 25.7 Å². The number of phosphoric ester groups is 1. The fraction of sp³-hybridized carbons (Fsp3) is 0.845. The molecule has 70 heavy (non-hydrogen) atoms. The predicted molar refractivity (Wildman–Crippen MR) is 289 cm³/mol. The van der Waals surface area contributed by atoms with Crippen molar-refractivity contribution in [1.82, 2.24) is 0 Å². The molecule has 11 nitrogen and oxygen atoms in total. The Morgan fingerprint density at radius 1 is 0.400 bits per heavy atom. The lowest BCUT2D eigenvalue weighted by atomic mass is 10.1. The number of phosphoric acid groups is 1. The maximum absolute atomic E-state index is 12.9. The molecule has 0 aromatic rings. The van der Waals surface area contributed by atoms with Crippen LogP contribution in [0.5, 0.6) is 0 Å². The average Bonchev–Trinajstić information content (AvgIpc) is 3.35. The third-order valence-electron chi connectivity index (χ3n) is 12.5. The van der Waals surface area contributed by atoms with Gasteiger partial charge in [-0.05, 0) is 77.0 Å². The van der Waals surface area contributed by atoms with Crippen molar-refractivity contribution in [2.24, 2.45) is 0 Å². The minimum absolute atomic E-state index is 0.163. The van der Waals surface area contributed by atoms with Crippen LogP contribution in [0.15, 0.2) is 36.5 Å². The Morgan fingerprint density at radius 3 is 1.10 bits per heavy atom. The predicted octanol–water partition coefficient (Wildman–Crippen LogP) is 16.8. The molecule has 0 spiro atoms. The summed E-state index contributed by atoms with van der Waals surface area (Å²) < 4.78 is 39.5. The fourth-order valence-corrected chi connectivity index (χ4v) is 8.87. The van der Waals surface area contributed by atoms with Crippen molar-refractivity contribution in [3.8, 4) is 0 Å². The van der Waals surface area contributed by atoms with Crippen molar-refractivity contribution >= 4 is 25.7 Å². The number of hydrogen-bond acceptors (Lipinski definition) is 10. The number of aliphatic hydroxyl groups excluding tert-OH is 1. The van der Waals surface area contributed by atoms with Crippen molar-refractivity contribution in [3.63, 3.8) is 0 Å². The second-order valence-electron chi connectivity index (χ2n) is 19.5. The molecule has 0 aromatic heterocycles. The SMILES string of the molecule is CCCCC/C=C\C/C=C\CCCCCCCC(=O)OCC(COP(=O)(O)OCC(CO)OC(=O)CCCCCCCCCCCCC)OC(=O)CCCCCCCCC/C=C\CCCCCCCC. The van der Waals surface area contributed by atoms with E-state index in [1.165, 1.54) is 128 Å². The van der Waals surface area contributed by atoms with Crippen LogP contribution in [0.25, 0.3) is 0 Å². The summed E-state index contributed by atoms with van der Waals surface area (Å²) in [5.74, 6) is -1.47. The molecular formula is C58H107O11P. The van der Waals surface area contributed by atoms with E-state index in [0.29, 0.717) is 19.3 Å². The first-order chi connectivity index (χ1) is 34.2. The maximum Gasteiger partial charge on any atom is 0.472 e. The molecule has 0 heterocycles. The van der Waals surface area contributed by atoms with Gasteiger partial charge in [-0.2, -0.15) is 0 Å². The van der Waals surface area contributed by atoms with E-state index >= 15 is 0 Å². The Labute approximate surface area is 429 Å². The second kappa shape index (κ2) is 53.0. The zero-order valence-corrected chi connectivity index (χ0v) is 46.1. The van der Waals surface area contributed by atoms with Gasteiger partial charge in [-0.25, -0.2) is 4.57 Å². The largest absolute Gasteiger partial charge is 0.472 e. The third kappa shape index (κ3) is 50.6. The number of rotatable bonds is 54. The minimum Gasteiger partial charge on any atom is -0.462 e. The molecule has 0 saturated heterocycles. The van der Waals surface area contributed by atoms with Gasteiger partial charge in [-0.1, -0.05) is 218 Å². The Balaban J connectivity index is 4.73. The van der Waals surface area contributed by atoms with Gasteiger partial charge in [0.25, 0.3) is 0 Å². The van der Waals surface area contributed by atoms with Crippen LogP contribution in [0.3, 0.4) is 0 Å². The Kier molecular flexibility index (Phi) is 51.3. The number of carbonyl (C=O) groups excluding carboxylic acids is 3. The summed E-state index contributed by atoms with van der Waals surface area (Å²) in [6, 6.07) is 0. The number of aliphatic hydroxyl groups is 1. The van der Waals surface area contributed by atoms with Crippen molar-refractivity contribution < 1.29 is 52.2 Å². The molecule has 12 heteroatoms. The number of allylic oxidation sites excluding steroid dienone is 6. The lowest BCUT2D eigenvalue weighted by molar-refractivity contribution is -0.161. The number of carbonyl (C=O) groups is 3. The van der Waals surface area contributed by atoms with Crippen LogP contribution < -0.4 is 0 Å². The molecular weight excluding hydrogens is 904 g/mol. The van der Waals surface area contributed by atoms with Crippen LogP contribution in [-0.2, 0) is 42.2 Å². The van der Waals surface area contributed by atoms with Crippen LogP contribution in [0.2, 0.25) is 0 Å². The first kappa shape index (κ1) is 67.7. The van der Waals surface area contributed by atoms with Crippen LogP contribution in [0.4, 0.5) is 0 Å². The lowest BCUT2D eigenvalue weighted by Gasteiger charge is -2.21. The zero-order valence-electron chi connectivity index (χ0n) is 45.2. The molecule has 0 rings (SSSR count). The molecule has 0 aliphatic rings. The second-order valence-corrected chi connectivity index (χ2v) is 20.9. The van der Waals surface area contributed by atoms with E-state index in [2.05, 4.69) is 57.2 Å². The van der Waals surface area contributed by atoms with E-state index in [0.717, 1.165) is 89.9 Å². The average molecular weight is 1010 g/mol. The topological polar surface area (TPSA) is 155 Å². The molecule has 3 atom stereocenters. The fourth-order valence-electron chi connectivity index (χ4n) is 8.09. The molecule has 0 aliphatic heterocycles. The van der Waals surface area contributed by atoms with Gasteiger partial charge in [0.1, 0.15) is 12.7 Å². The van der Waals surface area contributed by atoms with Gasteiger partial charge in [0.05, 0.1) is 19.8 Å². The summed E-state index contributed by atoms with van der Waals surface area (Å²) in [4.78, 5) is 48.5. The number of unbranched alkanes of at least 4 members (excludes halogenated alkanes) is 31. The van der Waals surface area contributed by atoms with E-state index < -0.39 is 57.8 Å². The highest BCUT2D eigenvalue weighted by Gasteiger charge is 2.28. The van der Waals surface area contributed by atoms with Crippen molar-refractivity contribution in [1.29, 1.82) is 0 Å². The normalized spacial score (nSPS) is 13.6. The third-order valence-corrected chi connectivity index (χ3v) is 13.5. The van der Waals surface area contributed by atoms with Gasteiger partial charge in [0.2, 0.25) is 0 Å². The highest BCUT2D eigenvalue weighted by Crippen LogP contribution is 2.43. The van der Waals surface area contributed by atoms with Gasteiger partial charge in [0.15, 0.2) is 6.10 Å². The van der Waals surface area contributed by atoms with E-state index in [-0.39, 0.29) is 25.9 Å². The molecule has 0 aliphatic carbocycles. The lowest BCUT2D eigenvalue weighted by Crippen LogP contribution is -2.30. The molecule has 0 aromatic carbocycles. The van der Waals surface area contributed by atoms with Crippen molar-refractivity contribution in [2.75, 3.05) is 26.4 Å². The summed E-state index contributed by atoms with van der Waals surface area (Å²) in [5, 5.41) is 9.79. The maximum atomic E-state index is 12.9. The van der Waals surface area contributed by atoms with Crippen molar-refractivity contribution in [3.05, 3.63) is 36.5 Å². The summed E-state index contributed by atoms with van der Waals surface area (Å²) in [6.07, 6.45) is 53.8. The highest BCUT2D eigenvalue weighted by atomic mass is 31.2. The van der Waals surface area contributed by atoms with E-state index in [4.69, 9.17) is 23.3 Å². The molecule has 0 fully saturated rings. The van der Waals surface area contributed by atoms with E-state index in [1.54, 1.807) is 0 Å². The van der Waals surface area contributed by atoms with Crippen molar-refractivity contribution in [2.45, 2.75) is 290 Å². The monoisotopic (exact) mass is 1010 g/mol. The van der Waals surface area contributed by atoms with Crippen LogP contribution >= 0.6 is 7.82 Å². The molecule has 0 saturated carbocycles. The van der Waals surface area contributed by atoms with E-state index in [9.17, 15) is 28.9 Å². The summed E-state index contributed by atoms with van der Waals surface area (Å²) in [6.45, 7) is 4.62. The molecule has 0 amide bonds. The highest BCUT2D eigenvalue weighted by molar-refractivity contribution is 7.47. The quantitative estimate of drug-likeness (QED) is 0.0197. The van der Waals surface area contributed by atoms with Crippen LogP contribution in [-0.4, -0.2) is 66.5 Å². The Morgan fingerprint density at radius 2 is 0.700 bits per heavy atom. The first-order valence-corrected chi connectivity index (χ1v) is 30.4. The molecule has 2 N–H and O–H groups in total. The molecule has 0 bridgehead atoms. The Hall–Kier alpha value is -2.30. The smallest absolute Gasteiger partial charge is 0.462 e. The first-order valence-electron chi connectivity index (χ1n) is 28.9. The molecule has 0 radical (unpaired) electrons. The standard InChI is InChI=1S/C58H107O11P/c1-4-7-10-13-16-19-22-24-26-27-29-31-34-37-40-43-46-49-58(62)69-55(51-65-56(60)47-44-41-38-35-33-30-28-25-23-20-17-14-11-8-5-2)53-67-70(63,64)66-52-54(50-59)68-57(61)48-45-42-39-36-32-21-18-15-12-9-6-3/h17,20,24-26,28,54-55,59H,4-16,18-19,21-23,27,29-53H2,1-3H3,(H,63,64)/b20-17-,26-24-,28-25-. The van der Waals surface area contributed by atoms with E-state index in [1.807, 2.05) is 0 Å². The van der Waals surface area contributed by atoms with Gasteiger partial charge in [0, 0.05) is 19.3 Å². The van der Waals surface area contributed by atoms with Gasteiger partial charge in [-0.3, -0.25) is 23.4 Å². The summed E-state index contributed by atoms with van der Waals surface area (Å²) in [5.41, 5.74) is 0. The number of esters is 3. The number of hydrogen-bond donors (Lipinski definition) is 2. The van der Waals surface area contributed by atoms with Gasteiger partial charge in [-0.15, -0.1) is 0 Å². The van der Waals surface area contributed by atoms with Gasteiger partial charge < -0.3 is 24.2 Å². The summed E-state index contributed by atoms with van der Waals surface area (Å²) in [7, 11) is -4.74. The minimum atomic E-state index is -4.74. The van der Waals surface area contributed by atoms with Crippen LogP contribution in [0.1, 0.15) is 278 Å². The molecule has 410 valence electrons. The zero-order chi connectivity index (χ0) is 51.3. The summed E-state index contributed by atoms with van der Waals surface area (Å²) >= 11 is 0. The number of ether oxygens (including phenoxy) is 3. The Bertz CT molecular complexity index is 1320. The molecule has 3 unspecified atom stereocenters. The van der Waals surface area contributed by atoms with Crippen LogP contribution in [0, 0.1) is 0 Å².